The molecule has 0 saturated heterocycles. The quantitative estimate of drug-likeness (QED) is 0.593. The van der Waals surface area contributed by atoms with Crippen LogP contribution in [-0.4, -0.2) is 22.4 Å². The smallest absolute Gasteiger partial charge is 0.344 e. The van der Waals surface area contributed by atoms with E-state index < -0.39 is 41.0 Å². The molecule has 14 heteroatoms. The van der Waals surface area contributed by atoms with E-state index in [4.69, 9.17) is 0 Å². The Morgan fingerprint density at radius 2 is 1.65 bits per heavy atom. The molecule has 0 aliphatic rings. The summed E-state index contributed by atoms with van der Waals surface area (Å²) < 4.78 is 79.0. The van der Waals surface area contributed by atoms with Gasteiger partial charge in [-0.2, -0.15) is 26.3 Å². The number of nitrogens with one attached hydrogen (secondary N) is 4. The average Bonchev–Trinajstić information content (AvgIpc) is 2.86. The molecule has 7 nitrogen and oxygen atoms in total. The number of urea groups is 1. The molecule has 0 radical (unpaired) electrons. The molecule has 0 bridgehead atoms. The largest absolute Gasteiger partial charge is 0.433 e. The Balaban J connectivity index is 2.47. The van der Waals surface area contributed by atoms with Crippen LogP contribution in [0, 0.1) is 0 Å². The van der Waals surface area contributed by atoms with Gasteiger partial charge < -0.3 is 16.0 Å². The number of alkyl halides is 6. The first-order chi connectivity index (χ1) is 11.9. The summed E-state index contributed by atoms with van der Waals surface area (Å²) in [5, 5.41) is 6.32. The number of rotatable bonds is 3. The van der Waals surface area contributed by atoms with Crippen molar-refractivity contribution < 1.29 is 31.1 Å². The monoisotopic (exact) mass is 401 g/mol. The van der Waals surface area contributed by atoms with Crippen molar-refractivity contribution in [3.63, 3.8) is 0 Å². The van der Waals surface area contributed by atoms with Crippen LogP contribution in [0.25, 0.3) is 0 Å². The summed E-state index contributed by atoms with van der Waals surface area (Å²) in [6.07, 6.45) is -10.2. The van der Waals surface area contributed by atoms with Gasteiger partial charge in [-0.05, 0) is 23.7 Å². The van der Waals surface area contributed by atoms with Crippen LogP contribution in [-0.2, 0) is 12.4 Å². The minimum atomic E-state index is -5.12. The van der Waals surface area contributed by atoms with E-state index in [1.807, 2.05) is 0 Å². The highest BCUT2D eigenvalue weighted by molar-refractivity contribution is 7.11. The van der Waals surface area contributed by atoms with E-state index in [2.05, 4.69) is 25.3 Å². The lowest BCUT2D eigenvalue weighted by molar-refractivity contribution is -0.150. The van der Waals surface area contributed by atoms with Crippen molar-refractivity contribution in [2.24, 2.45) is 0 Å². The molecule has 0 spiro atoms. The molecule has 0 saturated carbocycles. The number of aromatic nitrogens is 2. The molecule has 2 aromatic heterocycles. The zero-order valence-corrected chi connectivity index (χ0v) is 13.4. The molecule has 0 fully saturated rings. The Hall–Kier alpha value is -2.77. The normalized spacial score (nSPS) is 12.0. The van der Waals surface area contributed by atoms with E-state index in [1.54, 1.807) is 0 Å². The number of carbonyl (C=O) groups excluding carboxylic acids is 1. The lowest BCUT2D eigenvalue weighted by atomic mass is 10.2. The number of halogens is 6. The van der Waals surface area contributed by atoms with Crippen molar-refractivity contribution >= 4 is 33.9 Å². The third-order valence-corrected chi connectivity index (χ3v) is 3.63. The Kier molecular flexibility index (Phi) is 5.16. The molecular weight excluding hydrogens is 392 g/mol. The van der Waals surface area contributed by atoms with Gasteiger partial charge in [0.1, 0.15) is 22.1 Å². The minimum absolute atomic E-state index is 0.189. The van der Waals surface area contributed by atoms with Crippen molar-refractivity contribution in [3.8, 4) is 0 Å². The van der Waals surface area contributed by atoms with E-state index >= 15 is 0 Å². The van der Waals surface area contributed by atoms with E-state index in [1.165, 1.54) is 7.05 Å². The molecule has 2 rings (SSSR count). The first-order valence-electron chi connectivity index (χ1n) is 6.55. The Morgan fingerprint density at radius 3 is 2.12 bits per heavy atom. The maximum absolute atomic E-state index is 12.8. The number of pyridine rings is 1. The summed E-state index contributed by atoms with van der Waals surface area (Å²) >= 11 is 0.576. The maximum Gasteiger partial charge on any atom is 0.433 e. The van der Waals surface area contributed by atoms with Gasteiger partial charge in [0.15, 0.2) is 0 Å². The number of carbonyl (C=O) groups is 1. The molecule has 2 heterocycles. The second-order valence-corrected chi connectivity index (χ2v) is 5.50. The molecule has 0 atom stereocenters. The Bertz CT molecular complexity index is 840. The van der Waals surface area contributed by atoms with Crippen molar-refractivity contribution in [2.45, 2.75) is 12.4 Å². The third-order valence-electron chi connectivity index (χ3n) is 2.83. The molecule has 2 aromatic rings. The van der Waals surface area contributed by atoms with Crippen LogP contribution >= 0.6 is 11.5 Å². The van der Waals surface area contributed by atoms with E-state index in [9.17, 15) is 35.9 Å². The van der Waals surface area contributed by atoms with Crippen LogP contribution in [0.2, 0.25) is 0 Å². The topological polar surface area (TPSA) is 98.9 Å². The van der Waals surface area contributed by atoms with Crippen LogP contribution in [0.15, 0.2) is 16.9 Å². The predicted molar refractivity (Wildman–Crippen MR) is 80.5 cm³/mol. The molecule has 0 aliphatic carbocycles. The number of hydrogen-bond acceptors (Lipinski definition) is 5. The minimum Gasteiger partial charge on any atom is -0.344 e. The highest BCUT2D eigenvalue weighted by atomic mass is 32.1. The molecular formula is C12H9F6N5O2S. The van der Waals surface area contributed by atoms with Crippen LogP contribution in [0.4, 0.5) is 47.5 Å². The van der Waals surface area contributed by atoms with Crippen molar-refractivity contribution in [1.29, 1.82) is 0 Å². The van der Waals surface area contributed by atoms with Gasteiger partial charge in [-0.15, -0.1) is 0 Å². The summed E-state index contributed by atoms with van der Waals surface area (Å²) in [6.45, 7) is 0. The van der Waals surface area contributed by atoms with Gasteiger partial charge in [-0.3, -0.25) is 9.17 Å². The van der Waals surface area contributed by atoms with Crippen molar-refractivity contribution in [3.05, 3.63) is 33.9 Å². The first kappa shape index (κ1) is 19.6. The second-order valence-electron chi connectivity index (χ2n) is 4.69. The van der Waals surface area contributed by atoms with Gasteiger partial charge in [0.05, 0.1) is 0 Å². The van der Waals surface area contributed by atoms with Crippen LogP contribution in [0.3, 0.4) is 0 Å². The molecule has 0 unspecified atom stereocenters. The maximum atomic E-state index is 12.8. The number of aromatic amines is 1. The fraction of sp³-hybridized carbons (Fsp3) is 0.250. The molecule has 0 aliphatic heterocycles. The van der Waals surface area contributed by atoms with E-state index in [0.29, 0.717) is 23.7 Å². The highest BCUT2D eigenvalue weighted by Gasteiger charge is 2.39. The summed E-state index contributed by atoms with van der Waals surface area (Å²) in [6, 6.07) is -0.106. The van der Waals surface area contributed by atoms with Gasteiger partial charge in [0.25, 0.3) is 5.56 Å². The second kappa shape index (κ2) is 6.86. The Morgan fingerprint density at radius 1 is 1.12 bits per heavy atom. The number of amides is 2. The molecule has 142 valence electrons. The van der Waals surface area contributed by atoms with Gasteiger partial charge >= 0.3 is 18.4 Å². The highest BCUT2D eigenvalue weighted by Crippen LogP contribution is 2.36. The average molecular weight is 401 g/mol. The van der Waals surface area contributed by atoms with Crippen molar-refractivity contribution in [1.82, 2.24) is 14.7 Å². The molecule has 2 amide bonds. The lowest BCUT2D eigenvalue weighted by Crippen LogP contribution is -2.27. The van der Waals surface area contributed by atoms with Gasteiger partial charge in [-0.25, -0.2) is 9.78 Å². The fourth-order valence-electron chi connectivity index (χ4n) is 1.70. The van der Waals surface area contributed by atoms with Gasteiger partial charge in [-0.1, -0.05) is 0 Å². The fourth-order valence-corrected chi connectivity index (χ4v) is 2.42. The summed E-state index contributed by atoms with van der Waals surface area (Å²) in [5.74, 6) is 0. The van der Waals surface area contributed by atoms with Gasteiger partial charge in [0.2, 0.25) is 0 Å². The zero-order valence-electron chi connectivity index (χ0n) is 12.6. The third kappa shape index (κ3) is 4.44. The number of H-pyrrole nitrogens is 1. The van der Waals surface area contributed by atoms with Crippen LogP contribution < -0.4 is 21.5 Å². The van der Waals surface area contributed by atoms with Gasteiger partial charge in [0, 0.05) is 12.7 Å². The Labute approximate surface area is 144 Å². The molecule has 0 aromatic carbocycles. The summed E-state index contributed by atoms with van der Waals surface area (Å²) in [5.41, 5.74) is -5.30. The zero-order chi connectivity index (χ0) is 19.7. The predicted octanol–water partition coefficient (Wildman–Crippen LogP) is 3.36. The number of anilines is 3. The van der Waals surface area contributed by atoms with E-state index in [0.717, 1.165) is 0 Å². The number of hydrogen-bond donors (Lipinski definition) is 4. The van der Waals surface area contributed by atoms with Crippen LogP contribution in [0.1, 0.15) is 11.4 Å². The van der Waals surface area contributed by atoms with E-state index in [-0.39, 0.29) is 10.7 Å². The SMILES string of the molecule is CNC(=O)Nc1c(Nc2cc(C(F)(F)F)nc(C(F)(F)F)c2)s[nH]c1=O. The van der Waals surface area contributed by atoms with Crippen LogP contribution in [0.5, 0.6) is 0 Å². The molecule has 26 heavy (non-hydrogen) atoms. The summed E-state index contributed by atoms with van der Waals surface area (Å²) in [4.78, 5) is 25.5. The first-order valence-corrected chi connectivity index (χ1v) is 7.37. The summed E-state index contributed by atoms with van der Waals surface area (Å²) in [7, 11) is 1.25. The standard InChI is InChI=1S/C12H9F6N5O2S/c1-19-10(25)22-7-8(24)23-26-9(7)20-4-2-5(11(13,14)15)21-6(3-4)12(16,17)18/h2-3H,1H3,(H,20,21)(H,23,24)(H2,19,22,25). The number of nitrogens with zero attached hydrogens (tertiary/aromatic N) is 1. The molecule has 4 N–H and O–H groups in total. The van der Waals surface area contributed by atoms with Crippen molar-refractivity contribution in [2.75, 3.05) is 17.7 Å². The lowest BCUT2D eigenvalue weighted by Gasteiger charge is -2.14.